The molecule has 1 aromatic carbocycles. The summed E-state index contributed by atoms with van der Waals surface area (Å²) in [6.45, 7) is 2.18. The Labute approximate surface area is 122 Å². The number of carbonyl (C=O) groups is 1. The summed E-state index contributed by atoms with van der Waals surface area (Å²) in [5, 5.41) is 0. The molecular weight excluding hydrogens is 272 g/mol. The standard InChI is InChI=1S/C15H16N2O2S/c1-2-19-15(18)12-5-3-4-11(8-12)10-20-13-6-7-14(16)17-9-13/h3-9H,2,10H2,1H3,(H2,16,17). The van der Waals surface area contributed by atoms with Crippen LogP contribution in [0, 0.1) is 0 Å². The van der Waals surface area contributed by atoms with E-state index < -0.39 is 0 Å². The molecule has 0 aliphatic heterocycles. The quantitative estimate of drug-likeness (QED) is 0.676. The molecule has 4 nitrogen and oxygen atoms in total. The number of anilines is 1. The number of esters is 1. The lowest BCUT2D eigenvalue weighted by atomic mass is 10.1. The van der Waals surface area contributed by atoms with Gasteiger partial charge in [0.1, 0.15) is 5.82 Å². The first-order valence-corrected chi connectivity index (χ1v) is 7.28. The van der Waals surface area contributed by atoms with Crippen LogP contribution < -0.4 is 5.73 Å². The Hall–Kier alpha value is -2.01. The summed E-state index contributed by atoms with van der Waals surface area (Å²) in [5.74, 6) is 0.992. The van der Waals surface area contributed by atoms with E-state index in [0.29, 0.717) is 18.0 Å². The van der Waals surface area contributed by atoms with Crippen LogP contribution in [0.3, 0.4) is 0 Å². The lowest BCUT2D eigenvalue weighted by Gasteiger charge is -2.05. The number of pyridine rings is 1. The highest BCUT2D eigenvalue weighted by atomic mass is 32.2. The van der Waals surface area contributed by atoms with Crippen LogP contribution in [0.15, 0.2) is 47.5 Å². The average Bonchev–Trinajstić information content (AvgIpc) is 2.47. The van der Waals surface area contributed by atoms with Crippen LogP contribution in [0.1, 0.15) is 22.8 Å². The smallest absolute Gasteiger partial charge is 0.338 e. The first kappa shape index (κ1) is 14.4. The molecule has 1 aromatic heterocycles. The van der Waals surface area contributed by atoms with Crippen molar-refractivity contribution in [3.8, 4) is 0 Å². The van der Waals surface area contributed by atoms with Gasteiger partial charge in [0.25, 0.3) is 0 Å². The Morgan fingerprint density at radius 2 is 2.20 bits per heavy atom. The number of rotatable bonds is 5. The Bertz CT molecular complexity index is 585. The second kappa shape index (κ2) is 6.96. The van der Waals surface area contributed by atoms with Gasteiger partial charge in [-0.1, -0.05) is 12.1 Å². The number of hydrogen-bond donors (Lipinski definition) is 1. The van der Waals surface area contributed by atoms with Crippen molar-refractivity contribution in [1.29, 1.82) is 0 Å². The van der Waals surface area contributed by atoms with Crippen molar-refractivity contribution in [2.75, 3.05) is 12.3 Å². The normalized spacial score (nSPS) is 10.2. The topological polar surface area (TPSA) is 65.2 Å². The molecule has 5 heteroatoms. The van der Waals surface area contributed by atoms with Gasteiger partial charge in [-0.05, 0) is 36.8 Å². The monoisotopic (exact) mass is 288 g/mol. The van der Waals surface area contributed by atoms with Gasteiger partial charge >= 0.3 is 5.97 Å². The van der Waals surface area contributed by atoms with Crippen LogP contribution in [0.5, 0.6) is 0 Å². The molecule has 2 aromatic rings. The summed E-state index contributed by atoms with van der Waals surface area (Å²) in [6, 6.07) is 11.2. The molecule has 0 atom stereocenters. The molecule has 2 N–H and O–H groups in total. The largest absolute Gasteiger partial charge is 0.462 e. The van der Waals surface area contributed by atoms with Crippen molar-refractivity contribution in [2.45, 2.75) is 17.6 Å². The first-order chi connectivity index (χ1) is 9.69. The molecule has 1 heterocycles. The third-order valence-electron chi connectivity index (χ3n) is 2.60. The van der Waals surface area contributed by atoms with Crippen LogP contribution in [-0.4, -0.2) is 17.6 Å². The molecule has 0 spiro atoms. The second-order valence-electron chi connectivity index (χ2n) is 4.13. The summed E-state index contributed by atoms with van der Waals surface area (Å²) in [7, 11) is 0. The molecule has 0 amide bonds. The number of nitrogen functional groups attached to an aromatic ring is 1. The van der Waals surface area contributed by atoms with Gasteiger partial charge in [-0.25, -0.2) is 9.78 Å². The SMILES string of the molecule is CCOC(=O)c1cccc(CSc2ccc(N)nc2)c1. The predicted molar refractivity (Wildman–Crippen MR) is 80.6 cm³/mol. The van der Waals surface area contributed by atoms with Crippen LogP contribution in [0.4, 0.5) is 5.82 Å². The van der Waals surface area contributed by atoms with Crippen molar-refractivity contribution >= 4 is 23.5 Å². The maximum atomic E-state index is 11.7. The molecule has 20 heavy (non-hydrogen) atoms. The number of nitrogens with two attached hydrogens (primary N) is 1. The zero-order valence-electron chi connectivity index (χ0n) is 11.2. The van der Waals surface area contributed by atoms with E-state index in [9.17, 15) is 4.79 Å². The van der Waals surface area contributed by atoms with Crippen LogP contribution in [-0.2, 0) is 10.5 Å². The van der Waals surface area contributed by atoms with E-state index in [1.165, 1.54) is 0 Å². The van der Waals surface area contributed by atoms with Gasteiger partial charge in [0.2, 0.25) is 0 Å². The molecule has 0 aliphatic rings. The Balaban J connectivity index is 2.01. The van der Waals surface area contributed by atoms with E-state index in [-0.39, 0.29) is 5.97 Å². The maximum Gasteiger partial charge on any atom is 0.338 e. The number of nitrogens with zero attached hydrogens (tertiary/aromatic N) is 1. The third-order valence-corrected chi connectivity index (χ3v) is 3.66. The van der Waals surface area contributed by atoms with E-state index in [2.05, 4.69) is 4.98 Å². The van der Waals surface area contributed by atoms with Crippen molar-refractivity contribution in [3.05, 3.63) is 53.7 Å². The Morgan fingerprint density at radius 1 is 1.35 bits per heavy atom. The van der Waals surface area contributed by atoms with Gasteiger partial charge in [0.05, 0.1) is 12.2 Å². The fraction of sp³-hybridized carbons (Fsp3) is 0.200. The molecule has 0 saturated carbocycles. The summed E-state index contributed by atoms with van der Waals surface area (Å²) >= 11 is 1.65. The third kappa shape index (κ3) is 3.99. The number of carbonyl (C=O) groups excluding carboxylic acids is 1. The molecule has 0 bridgehead atoms. The summed E-state index contributed by atoms with van der Waals surface area (Å²) in [6.07, 6.45) is 1.75. The van der Waals surface area contributed by atoms with E-state index in [1.807, 2.05) is 24.3 Å². The minimum atomic E-state index is -0.284. The van der Waals surface area contributed by atoms with Crippen LogP contribution >= 0.6 is 11.8 Å². The lowest BCUT2D eigenvalue weighted by Crippen LogP contribution is -2.04. The number of aromatic nitrogens is 1. The molecule has 104 valence electrons. The molecule has 0 unspecified atom stereocenters. The highest BCUT2D eigenvalue weighted by Gasteiger charge is 2.06. The molecule has 2 rings (SSSR count). The fourth-order valence-electron chi connectivity index (χ4n) is 1.65. The fourth-order valence-corrected chi connectivity index (χ4v) is 2.45. The van der Waals surface area contributed by atoms with Gasteiger partial charge in [-0.3, -0.25) is 0 Å². The highest BCUT2D eigenvalue weighted by molar-refractivity contribution is 7.98. The molecule has 0 fully saturated rings. The molecule has 0 radical (unpaired) electrons. The van der Waals surface area contributed by atoms with Gasteiger partial charge in [-0.2, -0.15) is 0 Å². The zero-order valence-corrected chi connectivity index (χ0v) is 12.0. The second-order valence-corrected chi connectivity index (χ2v) is 5.18. The van der Waals surface area contributed by atoms with Crippen LogP contribution in [0.2, 0.25) is 0 Å². The van der Waals surface area contributed by atoms with Gasteiger partial charge in [0, 0.05) is 16.8 Å². The minimum absolute atomic E-state index is 0.284. The van der Waals surface area contributed by atoms with Gasteiger partial charge < -0.3 is 10.5 Å². The molecule has 0 aliphatic carbocycles. The van der Waals surface area contributed by atoms with Gasteiger partial charge in [-0.15, -0.1) is 11.8 Å². The Morgan fingerprint density at radius 3 is 2.90 bits per heavy atom. The van der Waals surface area contributed by atoms with Crippen molar-refractivity contribution in [3.63, 3.8) is 0 Å². The highest BCUT2D eigenvalue weighted by Crippen LogP contribution is 2.23. The lowest BCUT2D eigenvalue weighted by molar-refractivity contribution is 0.0526. The van der Waals surface area contributed by atoms with Crippen molar-refractivity contribution < 1.29 is 9.53 Å². The molecular formula is C15H16N2O2S. The predicted octanol–water partition coefficient (Wildman–Crippen LogP) is 3.13. The summed E-state index contributed by atoms with van der Waals surface area (Å²) in [5.41, 5.74) is 7.19. The van der Waals surface area contributed by atoms with E-state index in [4.69, 9.17) is 10.5 Å². The van der Waals surface area contributed by atoms with Crippen LogP contribution in [0.25, 0.3) is 0 Å². The number of ether oxygens (including phenoxy) is 1. The average molecular weight is 288 g/mol. The maximum absolute atomic E-state index is 11.7. The van der Waals surface area contributed by atoms with Gasteiger partial charge in [0.15, 0.2) is 0 Å². The van der Waals surface area contributed by atoms with E-state index in [1.54, 1.807) is 37.0 Å². The van der Waals surface area contributed by atoms with E-state index in [0.717, 1.165) is 16.2 Å². The number of hydrogen-bond acceptors (Lipinski definition) is 5. The number of thioether (sulfide) groups is 1. The van der Waals surface area contributed by atoms with Crippen molar-refractivity contribution in [2.24, 2.45) is 0 Å². The first-order valence-electron chi connectivity index (χ1n) is 6.29. The zero-order chi connectivity index (χ0) is 14.4. The van der Waals surface area contributed by atoms with Crippen molar-refractivity contribution in [1.82, 2.24) is 4.98 Å². The van der Waals surface area contributed by atoms with E-state index >= 15 is 0 Å². The molecule has 0 saturated heterocycles. The summed E-state index contributed by atoms with van der Waals surface area (Å²) in [4.78, 5) is 16.7. The minimum Gasteiger partial charge on any atom is -0.462 e. The number of benzene rings is 1. The Kier molecular flexibility index (Phi) is 5.01. The summed E-state index contributed by atoms with van der Waals surface area (Å²) < 4.78 is 4.99.